The van der Waals surface area contributed by atoms with Crippen molar-refractivity contribution in [3.63, 3.8) is 0 Å². The summed E-state index contributed by atoms with van der Waals surface area (Å²) in [6.07, 6.45) is 0.168. The number of halogens is 1. The smallest absolute Gasteiger partial charge is 0.341 e. The SMILES string of the molecule is CCOC(=O)c1c(NC(=O)c2cc(F)ccc2OC)sc2c1CCS(=O)(=O)C2. The van der Waals surface area contributed by atoms with Gasteiger partial charge in [0.2, 0.25) is 0 Å². The van der Waals surface area contributed by atoms with Gasteiger partial charge in [-0.1, -0.05) is 0 Å². The van der Waals surface area contributed by atoms with Crippen LogP contribution in [0.2, 0.25) is 0 Å². The van der Waals surface area contributed by atoms with Crippen molar-refractivity contribution in [2.75, 3.05) is 24.8 Å². The molecule has 0 saturated carbocycles. The van der Waals surface area contributed by atoms with Gasteiger partial charge < -0.3 is 14.8 Å². The lowest BCUT2D eigenvalue weighted by molar-refractivity contribution is 0.0527. The average molecular weight is 427 g/mol. The number of ether oxygens (including phenoxy) is 2. The highest BCUT2D eigenvalue weighted by Gasteiger charge is 2.32. The van der Waals surface area contributed by atoms with Gasteiger partial charge in [0, 0.05) is 4.88 Å². The number of benzene rings is 1. The first-order valence-corrected chi connectivity index (χ1v) is 11.1. The maximum absolute atomic E-state index is 13.6. The number of sulfone groups is 1. The summed E-state index contributed by atoms with van der Waals surface area (Å²) in [7, 11) is -1.91. The fraction of sp³-hybridized carbons (Fsp3) is 0.333. The molecule has 2 heterocycles. The average Bonchev–Trinajstić information content (AvgIpc) is 2.97. The van der Waals surface area contributed by atoms with Crippen molar-refractivity contribution in [2.24, 2.45) is 0 Å². The molecule has 0 atom stereocenters. The molecule has 28 heavy (non-hydrogen) atoms. The number of rotatable bonds is 5. The topological polar surface area (TPSA) is 98.8 Å². The summed E-state index contributed by atoms with van der Waals surface area (Å²) in [6, 6.07) is 3.51. The summed E-state index contributed by atoms with van der Waals surface area (Å²) in [5.74, 6) is -2.04. The Morgan fingerprint density at radius 1 is 1.32 bits per heavy atom. The zero-order valence-corrected chi connectivity index (χ0v) is 16.8. The van der Waals surface area contributed by atoms with Gasteiger partial charge in [-0.05, 0) is 37.1 Å². The second-order valence-electron chi connectivity index (χ2n) is 6.07. The second-order valence-corrected chi connectivity index (χ2v) is 9.36. The van der Waals surface area contributed by atoms with Crippen molar-refractivity contribution in [1.82, 2.24) is 0 Å². The minimum Gasteiger partial charge on any atom is -0.496 e. The van der Waals surface area contributed by atoms with Crippen molar-refractivity contribution >= 4 is 38.1 Å². The monoisotopic (exact) mass is 427 g/mol. The third kappa shape index (κ3) is 4.02. The Hall–Kier alpha value is -2.46. The maximum atomic E-state index is 13.6. The first-order valence-electron chi connectivity index (χ1n) is 8.42. The van der Waals surface area contributed by atoms with E-state index in [4.69, 9.17) is 9.47 Å². The molecule has 1 aliphatic rings. The maximum Gasteiger partial charge on any atom is 0.341 e. The molecule has 1 amide bonds. The molecule has 7 nitrogen and oxygen atoms in total. The molecule has 1 aromatic carbocycles. The van der Waals surface area contributed by atoms with Gasteiger partial charge in [0.25, 0.3) is 5.91 Å². The van der Waals surface area contributed by atoms with Crippen LogP contribution in [0.1, 0.15) is 38.1 Å². The van der Waals surface area contributed by atoms with Crippen molar-refractivity contribution in [1.29, 1.82) is 0 Å². The van der Waals surface area contributed by atoms with Crippen LogP contribution in [0.5, 0.6) is 5.75 Å². The Bertz CT molecular complexity index is 1040. The van der Waals surface area contributed by atoms with Gasteiger partial charge in [0.15, 0.2) is 9.84 Å². The number of carbonyl (C=O) groups excluding carboxylic acids is 2. The van der Waals surface area contributed by atoms with Crippen molar-refractivity contribution in [2.45, 2.75) is 19.1 Å². The van der Waals surface area contributed by atoms with E-state index < -0.39 is 27.5 Å². The summed E-state index contributed by atoms with van der Waals surface area (Å²) < 4.78 is 47.6. The van der Waals surface area contributed by atoms with Crippen LogP contribution >= 0.6 is 11.3 Å². The lowest BCUT2D eigenvalue weighted by atomic mass is 10.1. The van der Waals surface area contributed by atoms with Gasteiger partial charge in [0.1, 0.15) is 16.6 Å². The summed E-state index contributed by atoms with van der Waals surface area (Å²) in [6.45, 7) is 1.78. The number of thiophene rings is 1. The molecule has 2 aromatic rings. The molecule has 0 unspecified atom stereocenters. The van der Waals surface area contributed by atoms with E-state index in [0.717, 1.165) is 23.5 Å². The number of amides is 1. The zero-order valence-electron chi connectivity index (χ0n) is 15.2. The number of carbonyl (C=O) groups is 2. The molecule has 0 spiro atoms. The van der Waals surface area contributed by atoms with Gasteiger partial charge in [-0.2, -0.15) is 0 Å². The van der Waals surface area contributed by atoms with Crippen LogP contribution < -0.4 is 10.1 Å². The van der Waals surface area contributed by atoms with E-state index in [9.17, 15) is 22.4 Å². The van der Waals surface area contributed by atoms with E-state index in [-0.39, 0.29) is 46.4 Å². The first kappa shape index (κ1) is 20.3. The number of hydrogen-bond acceptors (Lipinski definition) is 7. The van der Waals surface area contributed by atoms with Crippen LogP contribution in [0.15, 0.2) is 18.2 Å². The number of anilines is 1. The molecule has 150 valence electrons. The van der Waals surface area contributed by atoms with Crippen LogP contribution in [-0.4, -0.2) is 39.8 Å². The zero-order chi connectivity index (χ0) is 20.5. The van der Waals surface area contributed by atoms with Crippen molar-refractivity contribution < 1.29 is 31.9 Å². The largest absolute Gasteiger partial charge is 0.496 e. The van der Waals surface area contributed by atoms with E-state index in [1.807, 2.05) is 0 Å². The van der Waals surface area contributed by atoms with Crippen LogP contribution in [-0.2, 0) is 26.7 Å². The number of hydrogen-bond donors (Lipinski definition) is 1. The van der Waals surface area contributed by atoms with Crippen LogP contribution in [0.25, 0.3) is 0 Å². The Morgan fingerprint density at radius 3 is 2.75 bits per heavy atom. The fourth-order valence-electron chi connectivity index (χ4n) is 2.96. The number of esters is 1. The summed E-state index contributed by atoms with van der Waals surface area (Å²) >= 11 is 1.01. The lowest BCUT2D eigenvalue weighted by Gasteiger charge is -2.13. The molecule has 0 radical (unpaired) electrons. The number of fused-ring (bicyclic) bond motifs is 1. The predicted octanol–water partition coefficient (Wildman–Crippen LogP) is 2.80. The highest BCUT2D eigenvalue weighted by atomic mass is 32.2. The minimum atomic E-state index is -3.26. The molecular formula is C18H18FNO6S2. The van der Waals surface area contributed by atoms with Gasteiger partial charge in [-0.15, -0.1) is 11.3 Å². The van der Waals surface area contributed by atoms with E-state index >= 15 is 0 Å². The second kappa shape index (κ2) is 7.88. The normalized spacial score (nSPS) is 14.8. The Balaban J connectivity index is 2.02. The molecule has 10 heteroatoms. The van der Waals surface area contributed by atoms with E-state index in [2.05, 4.69) is 5.32 Å². The Labute approximate surface area is 165 Å². The minimum absolute atomic E-state index is 0.0451. The highest BCUT2D eigenvalue weighted by molar-refractivity contribution is 7.90. The molecule has 3 rings (SSSR count). The molecule has 1 N–H and O–H groups in total. The van der Waals surface area contributed by atoms with Gasteiger partial charge in [-0.3, -0.25) is 4.79 Å². The third-order valence-corrected chi connectivity index (χ3v) is 7.10. The summed E-state index contributed by atoms with van der Waals surface area (Å²) in [5, 5.41) is 2.77. The molecule has 0 fully saturated rings. The summed E-state index contributed by atoms with van der Waals surface area (Å²) in [4.78, 5) is 25.6. The standard InChI is InChI=1S/C18H18FNO6S2/c1-3-26-18(22)15-11-6-7-28(23,24)9-14(11)27-17(15)20-16(21)12-8-10(19)4-5-13(12)25-2/h4-5,8H,3,6-7,9H2,1-2H3,(H,20,21). The molecule has 1 aliphatic heterocycles. The molecular weight excluding hydrogens is 409 g/mol. The van der Waals surface area contributed by atoms with E-state index in [1.54, 1.807) is 6.92 Å². The first-order chi connectivity index (χ1) is 13.3. The van der Waals surface area contributed by atoms with Crippen LogP contribution in [0, 0.1) is 5.82 Å². The Morgan fingerprint density at radius 2 is 2.07 bits per heavy atom. The number of nitrogens with one attached hydrogen (secondary N) is 1. The highest BCUT2D eigenvalue weighted by Crippen LogP contribution is 2.39. The van der Waals surface area contributed by atoms with Gasteiger partial charge in [0.05, 0.1) is 36.3 Å². The molecule has 0 saturated heterocycles. The molecule has 1 aromatic heterocycles. The number of methoxy groups -OCH3 is 1. The van der Waals surface area contributed by atoms with Crippen molar-refractivity contribution in [3.05, 3.63) is 45.6 Å². The van der Waals surface area contributed by atoms with E-state index in [0.29, 0.717) is 10.4 Å². The fourth-order valence-corrected chi connectivity index (χ4v) is 5.99. The van der Waals surface area contributed by atoms with Crippen LogP contribution in [0.4, 0.5) is 9.39 Å². The molecule has 0 bridgehead atoms. The third-order valence-electron chi connectivity index (χ3n) is 4.22. The van der Waals surface area contributed by atoms with E-state index in [1.165, 1.54) is 13.2 Å². The quantitative estimate of drug-likeness (QED) is 0.737. The van der Waals surface area contributed by atoms with Gasteiger partial charge >= 0.3 is 5.97 Å². The van der Waals surface area contributed by atoms with Crippen molar-refractivity contribution in [3.8, 4) is 5.75 Å². The Kier molecular flexibility index (Phi) is 5.71. The lowest BCUT2D eigenvalue weighted by Crippen LogP contribution is -2.20. The van der Waals surface area contributed by atoms with Gasteiger partial charge in [-0.25, -0.2) is 17.6 Å². The van der Waals surface area contributed by atoms with Crippen LogP contribution in [0.3, 0.4) is 0 Å². The molecule has 0 aliphatic carbocycles. The summed E-state index contributed by atoms with van der Waals surface area (Å²) in [5.41, 5.74) is 0.677. The predicted molar refractivity (Wildman–Crippen MR) is 102 cm³/mol.